The van der Waals surface area contributed by atoms with E-state index in [4.69, 9.17) is 16.3 Å². The van der Waals surface area contributed by atoms with Crippen LogP contribution >= 0.6 is 11.6 Å². The van der Waals surface area contributed by atoms with Crippen molar-refractivity contribution in [2.24, 2.45) is 4.99 Å². The number of rotatable bonds is 4. The van der Waals surface area contributed by atoms with Crippen LogP contribution in [0, 0.1) is 6.92 Å². The summed E-state index contributed by atoms with van der Waals surface area (Å²) in [6.07, 6.45) is 1.13. The molecule has 0 saturated carbocycles. The van der Waals surface area contributed by atoms with Crippen molar-refractivity contribution in [3.8, 4) is 0 Å². The van der Waals surface area contributed by atoms with Crippen LogP contribution in [0.1, 0.15) is 19.4 Å². The van der Waals surface area contributed by atoms with E-state index in [2.05, 4.69) is 4.99 Å². The molecule has 1 fully saturated rings. The first kappa shape index (κ1) is 20.2. The van der Waals surface area contributed by atoms with Crippen LogP contribution < -0.4 is 4.90 Å². The van der Waals surface area contributed by atoms with Crippen LogP contribution in [-0.4, -0.2) is 71.0 Å². The number of hydrogen-bond acceptors (Lipinski definition) is 7. The molecule has 3 heterocycles. The smallest absolute Gasteiger partial charge is 0.328 e. The lowest BCUT2D eigenvalue weighted by Gasteiger charge is -2.39. The molecule has 3 aliphatic heterocycles. The maximum Gasteiger partial charge on any atom is 0.328 e. The fourth-order valence-corrected chi connectivity index (χ4v) is 4.05. The summed E-state index contributed by atoms with van der Waals surface area (Å²) in [6, 6.07) is 4.35. The van der Waals surface area contributed by atoms with E-state index in [1.165, 1.54) is 4.90 Å². The number of nitrogens with zero attached hydrogens (tertiary/aromatic N) is 5. The molecule has 1 aromatic carbocycles. The van der Waals surface area contributed by atoms with Crippen molar-refractivity contribution >= 4 is 41.2 Å². The van der Waals surface area contributed by atoms with Crippen molar-refractivity contribution in [1.29, 1.82) is 0 Å². The highest BCUT2D eigenvalue weighted by molar-refractivity contribution is 6.31. The van der Waals surface area contributed by atoms with Crippen LogP contribution in [0.2, 0.25) is 5.02 Å². The number of fused-ring (bicyclic) bond motifs is 3. The van der Waals surface area contributed by atoms with Gasteiger partial charge in [-0.15, -0.1) is 0 Å². The number of imide groups is 1. The van der Waals surface area contributed by atoms with E-state index in [-0.39, 0.29) is 6.61 Å². The zero-order chi connectivity index (χ0) is 21.7. The monoisotopic (exact) mass is 431 g/mol. The fraction of sp³-hybridized carbons (Fsp3) is 0.400. The average Bonchev–Trinajstić information content (AvgIpc) is 3.20. The summed E-state index contributed by atoms with van der Waals surface area (Å²) in [4.78, 5) is 48.4. The molecule has 0 bridgehead atoms. The predicted molar refractivity (Wildman–Crippen MR) is 111 cm³/mol. The van der Waals surface area contributed by atoms with Crippen LogP contribution in [0.25, 0.3) is 0 Å². The highest BCUT2D eigenvalue weighted by atomic mass is 35.5. The second kappa shape index (κ2) is 7.32. The maximum atomic E-state index is 13.2. The van der Waals surface area contributed by atoms with Crippen molar-refractivity contribution in [3.05, 3.63) is 40.7 Å². The van der Waals surface area contributed by atoms with Crippen LogP contribution in [0.3, 0.4) is 0 Å². The molecule has 0 aromatic heterocycles. The highest BCUT2D eigenvalue weighted by Gasteiger charge is 2.54. The minimum absolute atomic E-state index is 0.173. The first-order valence-electron chi connectivity index (χ1n) is 9.59. The number of esters is 1. The normalized spacial score (nSPS) is 22.8. The lowest BCUT2D eigenvalue weighted by Crippen LogP contribution is -2.65. The van der Waals surface area contributed by atoms with Gasteiger partial charge in [0.25, 0.3) is 5.91 Å². The Labute approximate surface area is 179 Å². The van der Waals surface area contributed by atoms with E-state index < -0.39 is 36.7 Å². The molecule has 1 saturated heterocycles. The number of allylic oxidation sites excluding steroid dienone is 1. The largest absolute Gasteiger partial charge is 0.465 e. The number of carbonyl (C=O) groups is 3. The van der Waals surface area contributed by atoms with E-state index in [1.807, 2.05) is 43.1 Å². The van der Waals surface area contributed by atoms with Gasteiger partial charge in [0.15, 0.2) is 12.2 Å². The Hall–Kier alpha value is -3.07. The third-order valence-electron chi connectivity index (χ3n) is 5.39. The van der Waals surface area contributed by atoms with E-state index in [0.717, 1.165) is 21.8 Å². The van der Waals surface area contributed by atoms with Crippen LogP contribution in [0.5, 0.6) is 0 Å². The average molecular weight is 432 g/mol. The molecule has 158 valence electrons. The molecule has 10 heteroatoms. The summed E-state index contributed by atoms with van der Waals surface area (Å²) < 4.78 is 4.91. The van der Waals surface area contributed by atoms with Crippen LogP contribution in [0.4, 0.5) is 10.5 Å². The van der Waals surface area contributed by atoms with E-state index >= 15 is 0 Å². The Bertz CT molecular complexity index is 1010. The van der Waals surface area contributed by atoms with Crippen molar-refractivity contribution in [2.75, 3.05) is 25.1 Å². The number of ether oxygens (including phenoxy) is 1. The molecule has 4 rings (SSSR count). The number of urea groups is 1. The van der Waals surface area contributed by atoms with Crippen molar-refractivity contribution in [3.63, 3.8) is 0 Å². The van der Waals surface area contributed by atoms with Gasteiger partial charge in [0.05, 0.1) is 12.3 Å². The SMILES string of the molecule is CCOC(=O)CN1C(=O)C2C(N=C3N(c4ccc(C)c(Cl)c4)C(C)=CN32)N(C)C1=O. The van der Waals surface area contributed by atoms with Gasteiger partial charge in [-0.05, 0) is 38.5 Å². The van der Waals surface area contributed by atoms with Gasteiger partial charge >= 0.3 is 12.0 Å². The van der Waals surface area contributed by atoms with Gasteiger partial charge in [0, 0.05) is 24.0 Å². The molecule has 3 amide bonds. The topological polar surface area (TPSA) is 85.8 Å². The molecule has 30 heavy (non-hydrogen) atoms. The number of aryl methyl sites for hydroxylation is 1. The number of benzene rings is 1. The predicted octanol–water partition coefficient (Wildman–Crippen LogP) is 2.15. The fourth-order valence-electron chi connectivity index (χ4n) is 3.88. The van der Waals surface area contributed by atoms with E-state index in [9.17, 15) is 14.4 Å². The minimum atomic E-state index is -0.752. The van der Waals surface area contributed by atoms with Crippen LogP contribution in [-0.2, 0) is 14.3 Å². The first-order chi connectivity index (χ1) is 14.2. The number of amides is 3. The Balaban J connectivity index is 1.67. The number of carbonyl (C=O) groups excluding carboxylic acids is 3. The van der Waals surface area contributed by atoms with Gasteiger partial charge in [-0.1, -0.05) is 17.7 Å². The third kappa shape index (κ3) is 3.00. The van der Waals surface area contributed by atoms with Crippen molar-refractivity contribution in [1.82, 2.24) is 14.7 Å². The number of aliphatic imine (C=N–C) groups is 1. The molecule has 3 aliphatic rings. The standard InChI is InChI=1S/C20H22ClN5O4/c1-5-30-15(27)10-25-18(28)16-17(23(4)20(25)29)22-19-24(16)9-12(3)26(19)13-7-6-11(2)14(21)8-13/h6-9,16-17H,5,10H2,1-4H3. The Morgan fingerprint density at radius 2 is 2.00 bits per heavy atom. The first-order valence-corrected chi connectivity index (χ1v) is 9.97. The Kier molecular flexibility index (Phi) is 4.93. The zero-order valence-corrected chi connectivity index (χ0v) is 17.9. The third-order valence-corrected chi connectivity index (χ3v) is 5.80. The lowest BCUT2D eigenvalue weighted by atomic mass is 10.1. The van der Waals surface area contributed by atoms with Crippen molar-refractivity contribution < 1.29 is 19.1 Å². The molecular weight excluding hydrogens is 410 g/mol. The zero-order valence-electron chi connectivity index (χ0n) is 17.1. The summed E-state index contributed by atoms with van der Waals surface area (Å²) >= 11 is 6.31. The molecule has 0 N–H and O–H groups in total. The molecule has 0 spiro atoms. The summed E-state index contributed by atoms with van der Waals surface area (Å²) in [5.41, 5.74) is 2.62. The highest BCUT2D eigenvalue weighted by Crippen LogP contribution is 2.37. The van der Waals surface area contributed by atoms with Gasteiger partial charge in [-0.3, -0.25) is 19.4 Å². The molecule has 9 nitrogen and oxygen atoms in total. The maximum absolute atomic E-state index is 13.2. The Morgan fingerprint density at radius 3 is 2.67 bits per heavy atom. The molecule has 1 aromatic rings. The number of guanidine groups is 1. The summed E-state index contributed by atoms with van der Waals surface area (Å²) in [7, 11) is 1.57. The second-order valence-electron chi connectivity index (χ2n) is 7.36. The van der Waals surface area contributed by atoms with Crippen molar-refractivity contribution in [2.45, 2.75) is 33.0 Å². The van der Waals surface area contributed by atoms with Gasteiger partial charge in [-0.25, -0.2) is 9.79 Å². The number of anilines is 1. The van der Waals surface area contributed by atoms with Gasteiger partial charge in [0.2, 0.25) is 5.96 Å². The van der Waals surface area contributed by atoms with Gasteiger partial charge in [0.1, 0.15) is 6.54 Å². The van der Waals surface area contributed by atoms with E-state index in [0.29, 0.717) is 11.0 Å². The molecule has 2 atom stereocenters. The van der Waals surface area contributed by atoms with E-state index in [1.54, 1.807) is 18.9 Å². The number of likely N-dealkylation sites (N-methyl/N-ethyl adjacent to an activating group) is 1. The Morgan fingerprint density at radius 1 is 1.27 bits per heavy atom. The summed E-state index contributed by atoms with van der Waals surface area (Å²) in [6.45, 7) is 5.24. The lowest BCUT2D eigenvalue weighted by molar-refractivity contribution is -0.150. The summed E-state index contributed by atoms with van der Waals surface area (Å²) in [5, 5.41) is 0.624. The molecular formula is C20H22ClN5O4. The molecule has 0 radical (unpaired) electrons. The molecule has 0 aliphatic carbocycles. The van der Waals surface area contributed by atoms with Gasteiger partial charge in [-0.2, -0.15) is 0 Å². The second-order valence-corrected chi connectivity index (χ2v) is 7.76. The summed E-state index contributed by atoms with van der Waals surface area (Å²) in [5.74, 6) is -0.578. The number of halogens is 1. The minimum Gasteiger partial charge on any atom is -0.465 e. The number of hydrogen-bond donors (Lipinski definition) is 0. The van der Waals surface area contributed by atoms with Gasteiger partial charge < -0.3 is 14.5 Å². The van der Waals surface area contributed by atoms with Crippen LogP contribution in [0.15, 0.2) is 35.1 Å². The molecule has 2 unspecified atom stereocenters. The quantitative estimate of drug-likeness (QED) is 0.679.